The van der Waals surface area contributed by atoms with Crippen molar-refractivity contribution in [3.05, 3.63) is 364 Å². The number of benzene rings is 12. The van der Waals surface area contributed by atoms with Gasteiger partial charge in [-0.05, 0) is 95.3 Å². The van der Waals surface area contributed by atoms with E-state index in [2.05, 4.69) is 364 Å². The van der Waals surface area contributed by atoms with E-state index in [1.807, 2.05) is 0 Å². The summed E-state index contributed by atoms with van der Waals surface area (Å²) >= 11 is 0. The summed E-state index contributed by atoms with van der Waals surface area (Å²) in [6.07, 6.45) is 0. The smallest absolute Gasteiger partial charge is 1.00 e. The monoisotopic (exact) mass is 1290 g/mol. The summed E-state index contributed by atoms with van der Waals surface area (Å²) in [7, 11) is -1.78. The van der Waals surface area contributed by atoms with Crippen LogP contribution in [0.5, 0.6) is 0 Å². The maximum Gasteiger partial charge on any atom is 4.00 e. The first-order valence-electron chi connectivity index (χ1n) is 25.6. The first kappa shape index (κ1) is 67.6. The average molecular weight is 1290 g/mol. The molecule has 0 fully saturated rings. The fraction of sp³-hybridized carbons (Fsp3) is 0. The van der Waals surface area contributed by atoms with Crippen molar-refractivity contribution in [1.82, 2.24) is 0 Å². The average Bonchev–Trinajstić information content (AvgIpc) is 3.52. The summed E-state index contributed by atoms with van der Waals surface area (Å²) in [6.45, 7) is 0. The molecule has 0 aliphatic heterocycles. The van der Waals surface area contributed by atoms with E-state index >= 15 is 0 Å². The molecule has 81 heavy (non-hydrogen) atoms. The minimum atomic E-state index is -0.446. The largest absolute Gasteiger partial charge is 4.00 e. The molecular formula is C72H60Cl4P4Ru. The molecule has 0 saturated carbocycles. The van der Waals surface area contributed by atoms with Gasteiger partial charge >= 0.3 is 19.5 Å². The van der Waals surface area contributed by atoms with Gasteiger partial charge in [-0.2, -0.15) is 0 Å². The van der Waals surface area contributed by atoms with Gasteiger partial charge in [0.2, 0.25) is 0 Å². The molecule has 0 amide bonds. The zero-order chi connectivity index (χ0) is 51.7. The van der Waals surface area contributed by atoms with E-state index in [1.165, 1.54) is 63.7 Å². The Kier molecular flexibility index (Phi) is 31.8. The molecule has 12 aromatic carbocycles. The zero-order valence-corrected chi connectivity index (χ0v) is 52.6. The predicted octanol–water partition coefficient (Wildman–Crippen LogP) is 1.79. The summed E-state index contributed by atoms with van der Waals surface area (Å²) in [5.41, 5.74) is 0. The number of hydrogen-bond donors (Lipinski definition) is 0. The quantitative estimate of drug-likeness (QED) is 0.130. The molecule has 0 bridgehead atoms. The fourth-order valence-electron chi connectivity index (χ4n) is 8.71. The van der Waals surface area contributed by atoms with Crippen LogP contribution >= 0.6 is 31.7 Å². The van der Waals surface area contributed by atoms with Crippen molar-refractivity contribution in [2.24, 2.45) is 0 Å². The van der Waals surface area contributed by atoms with Crippen LogP contribution in [0.3, 0.4) is 0 Å². The second-order valence-corrected chi connectivity index (χ2v) is 26.2. The van der Waals surface area contributed by atoms with Crippen molar-refractivity contribution >= 4 is 95.3 Å². The standard InChI is InChI=1S/4C18H15P.4ClH.Ru/c4*1-4-10-16(11-5-1)19(17-12-6-2-7-13-17)18-14-8-3-9-15-18;;;;;/h4*1-15H;4*1H;/q;;;;;;;;+4/p-4. The third-order valence-electron chi connectivity index (χ3n) is 12.2. The van der Waals surface area contributed by atoms with E-state index < -0.39 is 31.7 Å². The molecule has 0 N–H and O–H groups in total. The zero-order valence-electron chi connectivity index (χ0n) is 44.3. The Morgan fingerprint density at radius 1 is 0.111 bits per heavy atom. The molecule has 0 saturated heterocycles. The van der Waals surface area contributed by atoms with Crippen LogP contribution in [0.15, 0.2) is 364 Å². The van der Waals surface area contributed by atoms with Crippen LogP contribution in [0, 0.1) is 0 Å². The van der Waals surface area contributed by atoms with E-state index in [4.69, 9.17) is 0 Å². The second-order valence-electron chi connectivity index (χ2n) is 17.4. The first-order valence-corrected chi connectivity index (χ1v) is 31.0. The van der Waals surface area contributed by atoms with Crippen molar-refractivity contribution in [3.63, 3.8) is 0 Å². The molecule has 0 nitrogen and oxygen atoms in total. The molecule has 404 valence electrons. The molecule has 0 spiro atoms. The molecule has 0 heterocycles. The van der Waals surface area contributed by atoms with Crippen molar-refractivity contribution in [2.45, 2.75) is 0 Å². The van der Waals surface area contributed by atoms with E-state index in [0.717, 1.165) is 0 Å². The van der Waals surface area contributed by atoms with Gasteiger partial charge < -0.3 is 49.6 Å². The van der Waals surface area contributed by atoms with Crippen LogP contribution in [-0.4, -0.2) is 0 Å². The topological polar surface area (TPSA) is 0 Å². The molecule has 12 aromatic rings. The Labute approximate surface area is 524 Å². The van der Waals surface area contributed by atoms with Gasteiger partial charge in [0.1, 0.15) is 0 Å². The van der Waals surface area contributed by atoms with E-state index in [0.29, 0.717) is 0 Å². The molecule has 0 unspecified atom stereocenters. The van der Waals surface area contributed by atoms with Gasteiger partial charge in [-0.15, -0.1) is 0 Å². The van der Waals surface area contributed by atoms with Gasteiger partial charge in [-0.1, -0.05) is 364 Å². The van der Waals surface area contributed by atoms with Gasteiger partial charge in [0.05, 0.1) is 0 Å². The molecule has 0 atom stereocenters. The van der Waals surface area contributed by atoms with Crippen molar-refractivity contribution < 1.29 is 69.1 Å². The number of halogens is 4. The van der Waals surface area contributed by atoms with Gasteiger partial charge in [-0.25, -0.2) is 0 Å². The fourth-order valence-corrected chi connectivity index (χ4v) is 17.9. The minimum Gasteiger partial charge on any atom is -1.00 e. The first-order chi connectivity index (χ1) is 37.8. The van der Waals surface area contributed by atoms with Crippen molar-refractivity contribution in [2.75, 3.05) is 0 Å². The van der Waals surface area contributed by atoms with Crippen LogP contribution in [0.25, 0.3) is 0 Å². The minimum absolute atomic E-state index is 0. The second kappa shape index (κ2) is 38.0. The molecule has 0 radical (unpaired) electrons. The van der Waals surface area contributed by atoms with Crippen LogP contribution in [0.4, 0.5) is 0 Å². The Morgan fingerprint density at radius 3 is 0.235 bits per heavy atom. The summed E-state index contributed by atoms with van der Waals surface area (Å²) in [5.74, 6) is 0. The van der Waals surface area contributed by atoms with Crippen LogP contribution < -0.4 is 113 Å². The Morgan fingerprint density at radius 2 is 0.173 bits per heavy atom. The maximum atomic E-state index is 2.23. The van der Waals surface area contributed by atoms with Crippen LogP contribution in [0.2, 0.25) is 0 Å². The van der Waals surface area contributed by atoms with E-state index in [-0.39, 0.29) is 69.1 Å². The van der Waals surface area contributed by atoms with Crippen LogP contribution in [0.1, 0.15) is 0 Å². The molecule has 0 aromatic heterocycles. The molecule has 12 rings (SSSR count). The van der Waals surface area contributed by atoms with Crippen molar-refractivity contribution in [1.29, 1.82) is 0 Å². The van der Waals surface area contributed by atoms with E-state index in [9.17, 15) is 0 Å². The normalized spacial score (nSPS) is 9.93. The summed E-state index contributed by atoms with van der Waals surface area (Å²) in [6, 6.07) is 129. The third kappa shape index (κ3) is 20.2. The molecule has 9 heteroatoms. The van der Waals surface area contributed by atoms with Crippen molar-refractivity contribution in [3.8, 4) is 0 Å². The van der Waals surface area contributed by atoms with Gasteiger partial charge in [0.15, 0.2) is 0 Å². The molecule has 0 aliphatic carbocycles. The maximum absolute atomic E-state index is 2.23. The third-order valence-corrected chi connectivity index (χ3v) is 21.9. The SMILES string of the molecule is [Cl-].[Cl-].[Cl-].[Cl-].[Ru+4].c1ccc(P(c2ccccc2)c2ccccc2)cc1.c1ccc(P(c2ccccc2)c2ccccc2)cc1.c1ccc(P(c2ccccc2)c2ccccc2)cc1.c1ccc(P(c2ccccc2)c2ccccc2)cc1. The number of hydrogen-bond acceptors (Lipinski definition) is 0. The van der Waals surface area contributed by atoms with E-state index in [1.54, 1.807) is 0 Å². The Hall–Kier alpha value is -5.86. The van der Waals surface area contributed by atoms with Gasteiger partial charge in [0, 0.05) is 0 Å². The predicted molar refractivity (Wildman–Crippen MR) is 341 cm³/mol. The van der Waals surface area contributed by atoms with Gasteiger partial charge in [0.25, 0.3) is 0 Å². The van der Waals surface area contributed by atoms with Crippen LogP contribution in [-0.2, 0) is 19.5 Å². The summed E-state index contributed by atoms with van der Waals surface area (Å²) < 4.78 is 0. The molecule has 0 aliphatic rings. The summed E-state index contributed by atoms with van der Waals surface area (Å²) in [4.78, 5) is 0. The number of rotatable bonds is 12. The molecular weight excluding hydrogens is 1230 g/mol. The summed E-state index contributed by atoms with van der Waals surface area (Å²) in [5, 5.41) is 16.8. The Balaban J connectivity index is 0.000000228. The van der Waals surface area contributed by atoms with Gasteiger partial charge in [-0.3, -0.25) is 0 Å². The Bertz CT molecular complexity index is 2600.